The Morgan fingerprint density at radius 1 is 1.10 bits per heavy atom. The Morgan fingerprint density at radius 2 is 1.76 bits per heavy atom. The molecule has 1 atom stereocenters. The van der Waals surface area contributed by atoms with Crippen molar-refractivity contribution in [1.82, 2.24) is 0 Å². The van der Waals surface area contributed by atoms with E-state index in [0.717, 1.165) is 5.56 Å². The van der Waals surface area contributed by atoms with Crippen LogP contribution in [0.15, 0.2) is 18.2 Å². The number of hydrogen-bond acceptors (Lipinski definition) is 3. The Morgan fingerprint density at radius 3 is 2.38 bits per heavy atom. The Kier molecular flexibility index (Phi) is 8.61. The fourth-order valence-corrected chi connectivity index (χ4v) is 2.26. The van der Waals surface area contributed by atoms with Crippen LogP contribution in [-0.4, -0.2) is 32.9 Å². The molecule has 0 saturated carbocycles. The Labute approximate surface area is 132 Å². The molecule has 1 unspecified atom stereocenters. The van der Waals surface area contributed by atoms with Crippen LogP contribution in [0.3, 0.4) is 0 Å². The third kappa shape index (κ3) is 6.61. The van der Waals surface area contributed by atoms with Gasteiger partial charge in [-0.25, -0.2) is 8.78 Å². The van der Waals surface area contributed by atoms with Gasteiger partial charge in [-0.3, -0.25) is 0 Å². The summed E-state index contributed by atoms with van der Waals surface area (Å²) in [5, 5.41) is 0. The number of benzene rings is 1. The molecule has 120 valence electrons. The average Bonchev–Trinajstić information content (AvgIpc) is 2.45. The third-order valence-electron chi connectivity index (χ3n) is 2.69. The minimum Gasteiger partial charge on any atom is -0.490 e. The van der Waals surface area contributed by atoms with Gasteiger partial charge in [-0.15, -0.1) is 0 Å². The number of rotatable bonds is 10. The molecule has 0 aromatic heterocycles. The van der Waals surface area contributed by atoms with E-state index >= 15 is 0 Å². The lowest BCUT2D eigenvalue weighted by Gasteiger charge is -2.15. The van der Waals surface area contributed by atoms with Crippen LogP contribution in [0.1, 0.15) is 30.7 Å². The highest BCUT2D eigenvalue weighted by Crippen LogP contribution is 2.34. The van der Waals surface area contributed by atoms with Gasteiger partial charge in [0, 0.05) is 11.4 Å². The second-order valence-corrected chi connectivity index (χ2v) is 5.40. The van der Waals surface area contributed by atoms with Gasteiger partial charge in [0.2, 0.25) is 0 Å². The zero-order valence-corrected chi connectivity index (χ0v) is 13.9. The predicted octanol–water partition coefficient (Wildman–Crippen LogP) is 4.59. The maximum Gasteiger partial charge on any atom is 0.261 e. The van der Waals surface area contributed by atoms with E-state index in [1.54, 1.807) is 0 Å². The van der Waals surface area contributed by atoms with Crippen LogP contribution in [-0.2, 0) is 4.74 Å². The average molecular weight is 367 g/mol. The smallest absolute Gasteiger partial charge is 0.261 e. The van der Waals surface area contributed by atoms with Crippen molar-refractivity contribution < 1.29 is 23.0 Å². The lowest BCUT2D eigenvalue weighted by Crippen LogP contribution is -2.07. The van der Waals surface area contributed by atoms with Gasteiger partial charge in [-0.1, -0.05) is 22.0 Å². The monoisotopic (exact) mass is 366 g/mol. The van der Waals surface area contributed by atoms with Crippen LogP contribution in [0.5, 0.6) is 11.5 Å². The van der Waals surface area contributed by atoms with Crippen LogP contribution < -0.4 is 9.47 Å². The molecule has 1 rings (SSSR count). The molecular weight excluding hydrogens is 346 g/mol. The van der Waals surface area contributed by atoms with Gasteiger partial charge in [-0.2, -0.15) is 0 Å². The Bertz CT molecular complexity index is 416. The first-order valence-corrected chi connectivity index (χ1v) is 7.89. The van der Waals surface area contributed by atoms with Crippen LogP contribution >= 0.6 is 15.9 Å². The lowest BCUT2D eigenvalue weighted by atomic mass is 10.1. The normalized spacial score (nSPS) is 12.5. The predicted molar refractivity (Wildman–Crippen MR) is 81.9 cm³/mol. The summed E-state index contributed by atoms with van der Waals surface area (Å²) in [7, 11) is 0. The van der Waals surface area contributed by atoms with Gasteiger partial charge < -0.3 is 14.2 Å². The molecule has 0 bridgehead atoms. The summed E-state index contributed by atoms with van der Waals surface area (Å²) in [5.74, 6) is 1.39. The van der Waals surface area contributed by atoms with E-state index in [9.17, 15) is 8.78 Å². The first-order valence-electron chi connectivity index (χ1n) is 6.98. The van der Waals surface area contributed by atoms with Crippen molar-refractivity contribution in [3.63, 3.8) is 0 Å². The maximum absolute atomic E-state index is 12.0. The van der Waals surface area contributed by atoms with Gasteiger partial charge in [0.25, 0.3) is 6.43 Å². The molecule has 0 aliphatic carbocycles. The lowest BCUT2D eigenvalue weighted by molar-refractivity contribution is 0.0167. The van der Waals surface area contributed by atoms with Gasteiger partial charge in [-0.05, 0) is 38.0 Å². The summed E-state index contributed by atoms with van der Waals surface area (Å²) >= 11 is 3.54. The molecule has 0 spiro atoms. The maximum atomic E-state index is 12.0. The fourth-order valence-electron chi connectivity index (χ4n) is 1.79. The SMILES string of the molecule is CCOc1ccc(C(Br)CCOCC(F)F)cc1OCC. The highest BCUT2D eigenvalue weighted by atomic mass is 79.9. The summed E-state index contributed by atoms with van der Waals surface area (Å²) in [4.78, 5) is 0.0186. The minimum absolute atomic E-state index is 0.0186. The molecule has 0 aliphatic heterocycles. The van der Waals surface area contributed by atoms with Crippen LogP contribution in [0, 0.1) is 0 Å². The molecule has 0 aliphatic rings. The quantitative estimate of drug-likeness (QED) is 0.447. The first kappa shape index (κ1) is 18.2. The molecule has 3 nitrogen and oxygen atoms in total. The zero-order chi connectivity index (χ0) is 15.7. The van der Waals surface area contributed by atoms with Gasteiger partial charge in [0.15, 0.2) is 11.5 Å². The molecule has 0 heterocycles. The van der Waals surface area contributed by atoms with Crippen molar-refractivity contribution >= 4 is 15.9 Å². The molecule has 0 radical (unpaired) electrons. The highest BCUT2D eigenvalue weighted by molar-refractivity contribution is 9.09. The molecule has 0 N–H and O–H groups in total. The van der Waals surface area contributed by atoms with E-state index in [-0.39, 0.29) is 11.4 Å². The van der Waals surface area contributed by atoms with E-state index in [1.165, 1.54) is 0 Å². The number of hydrogen-bond donors (Lipinski definition) is 0. The first-order chi connectivity index (χ1) is 10.1. The Hall–Kier alpha value is -0.880. The number of halogens is 3. The van der Waals surface area contributed by atoms with Crippen molar-refractivity contribution in [2.75, 3.05) is 26.4 Å². The topological polar surface area (TPSA) is 27.7 Å². The van der Waals surface area contributed by atoms with Crippen LogP contribution in [0.25, 0.3) is 0 Å². The fraction of sp³-hybridized carbons (Fsp3) is 0.600. The summed E-state index contributed by atoms with van der Waals surface area (Å²) in [6, 6.07) is 5.69. The van der Waals surface area contributed by atoms with Gasteiger partial charge in [0.1, 0.15) is 6.61 Å². The molecule has 0 saturated heterocycles. The van der Waals surface area contributed by atoms with Crippen molar-refractivity contribution in [3.05, 3.63) is 23.8 Å². The van der Waals surface area contributed by atoms with E-state index in [2.05, 4.69) is 15.9 Å². The van der Waals surface area contributed by atoms with Gasteiger partial charge >= 0.3 is 0 Å². The summed E-state index contributed by atoms with van der Waals surface area (Å²) < 4.78 is 39.9. The van der Waals surface area contributed by atoms with E-state index in [1.807, 2.05) is 32.0 Å². The summed E-state index contributed by atoms with van der Waals surface area (Å²) in [5.41, 5.74) is 1.00. The Balaban J connectivity index is 2.62. The molecule has 0 fully saturated rings. The minimum atomic E-state index is -2.42. The molecular formula is C15H21BrF2O3. The van der Waals surface area contributed by atoms with Crippen molar-refractivity contribution in [2.45, 2.75) is 31.5 Å². The standard InChI is InChI=1S/C15H21BrF2O3/c1-3-20-13-6-5-11(9-14(13)21-4-2)12(16)7-8-19-10-15(17)18/h5-6,9,12,15H,3-4,7-8,10H2,1-2H3. The molecule has 21 heavy (non-hydrogen) atoms. The van der Waals surface area contributed by atoms with Crippen LogP contribution in [0.2, 0.25) is 0 Å². The van der Waals surface area contributed by atoms with Gasteiger partial charge in [0.05, 0.1) is 13.2 Å². The molecule has 1 aromatic rings. The highest BCUT2D eigenvalue weighted by Gasteiger charge is 2.13. The second kappa shape index (κ2) is 9.95. The summed E-state index contributed by atoms with van der Waals surface area (Å²) in [6.07, 6.45) is -1.82. The molecule has 1 aromatic carbocycles. The number of alkyl halides is 3. The molecule has 0 amide bonds. The van der Waals surface area contributed by atoms with Crippen molar-refractivity contribution in [2.24, 2.45) is 0 Å². The van der Waals surface area contributed by atoms with Crippen molar-refractivity contribution in [3.8, 4) is 11.5 Å². The van der Waals surface area contributed by atoms with Crippen molar-refractivity contribution in [1.29, 1.82) is 0 Å². The number of ether oxygens (including phenoxy) is 3. The zero-order valence-electron chi connectivity index (χ0n) is 12.3. The van der Waals surface area contributed by atoms with E-state index < -0.39 is 13.0 Å². The van der Waals surface area contributed by atoms with Crippen LogP contribution in [0.4, 0.5) is 8.78 Å². The molecule has 6 heteroatoms. The van der Waals surface area contributed by atoms with E-state index in [0.29, 0.717) is 31.1 Å². The third-order valence-corrected chi connectivity index (χ3v) is 3.68. The summed E-state index contributed by atoms with van der Waals surface area (Å²) in [6.45, 7) is 4.70. The second-order valence-electron chi connectivity index (χ2n) is 4.29. The van der Waals surface area contributed by atoms with E-state index in [4.69, 9.17) is 14.2 Å². The largest absolute Gasteiger partial charge is 0.490 e.